The van der Waals surface area contributed by atoms with Crippen molar-refractivity contribution in [1.82, 2.24) is 0 Å². The second-order valence-corrected chi connectivity index (χ2v) is 28.8. The summed E-state index contributed by atoms with van der Waals surface area (Å²) in [7, 11) is -6.15. The van der Waals surface area contributed by atoms with Gasteiger partial charge in [-0.1, -0.05) is 279 Å². The first-order valence-corrected chi connectivity index (χ1v) is 31.2. The zero-order chi connectivity index (χ0) is 51.3. The van der Waals surface area contributed by atoms with E-state index in [2.05, 4.69) is 297 Å². The van der Waals surface area contributed by atoms with Crippen molar-refractivity contribution in [2.45, 2.75) is 0 Å². The molecule has 0 aliphatic heterocycles. The fourth-order valence-electron chi connectivity index (χ4n) is 12.8. The highest BCUT2D eigenvalue weighted by molar-refractivity contribution is 7.26. The van der Waals surface area contributed by atoms with Crippen molar-refractivity contribution in [1.29, 1.82) is 5.26 Å². The molecule has 0 atom stereocenters. The van der Waals surface area contributed by atoms with Crippen LogP contribution >= 0.6 is 11.3 Å². The number of rotatable bonds is 9. The number of thiophene rings is 1. The van der Waals surface area contributed by atoms with Crippen LogP contribution in [0.1, 0.15) is 5.56 Å². The smallest absolute Gasteiger partial charge is 0.179 e. The van der Waals surface area contributed by atoms with Crippen LogP contribution in [-0.4, -0.2) is 16.1 Å². The largest absolute Gasteiger partial charge is 0.192 e. The molecule has 12 aromatic carbocycles. The highest BCUT2D eigenvalue weighted by atomic mass is 32.1. The third kappa shape index (κ3) is 7.46. The lowest BCUT2D eigenvalue weighted by molar-refractivity contribution is 1.47. The van der Waals surface area contributed by atoms with E-state index in [1.807, 2.05) is 17.4 Å². The Kier molecular flexibility index (Phi) is 11.5. The first-order valence-electron chi connectivity index (χ1n) is 26.4. The Hall–Kier alpha value is -9.22. The zero-order valence-electron chi connectivity index (χ0n) is 42.1. The fourth-order valence-corrected chi connectivity index (χ4v) is 23.6. The zero-order valence-corrected chi connectivity index (χ0v) is 45.0. The molecule has 1 aliphatic rings. The molecule has 77 heavy (non-hydrogen) atoms. The Balaban J connectivity index is 1.02. The molecule has 4 heteroatoms. The van der Waals surface area contributed by atoms with E-state index in [0.29, 0.717) is 5.56 Å². The van der Waals surface area contributed by atoms with E-state index in [9.17, 15) is 5.26 Å². The minimum absolute atomic E-state index is 0.651. The fraction of sp³-hybridized carbons (Fsp3) is 0. The predicted molar refractivity (Wildman–Crippen MR) is 332 cm³/mol. The summed E-state index contributed by atoms with van der Waals surface area (Å²) in [4.78, 5) is 0. The molecule has 0 saturated heterocycles. The van der Waals surface area contributed by atoms with Gasteiger partial charge in [0.2, 0.25) is 0 Å². The molecular formula is C73H49NSSi2. The van der Waals surface area contributed by atoms with E-state index in [1.165, 1.54) is 89.5 Å². The molecule has 0 radical (unpaired) electrons. The maximum Gasteiger partial charge on any atom is 0.179 e. The van der Waals surface area contributed by atoms with Gasteiger partial charge >= 0.3 is 0 Å². The lowest BCUT2D eigenvalue weighted by Gasteiger charge is -2.37. The van der Waals surface area contributed by atoms with Crippen LogP contribution in [0.4, 0.5) is 0 Å². The topological polar surface area (TPSA) is 23.8 Å². The van der Waals surface area contributed by atoms with Gasteiger partial charge in [-0.05, 0) is 115 Å². The molecule has 1 aromatic heterocycles. The molecule has 0 saturated carbocycles. The lowest BCUT2D eigenvalue weighted by atomic mass is 9.80. The van der Waals surface area contributed by atoms with Crippen molar-refractivity contribution in [3.63, 3.8) is 0 Å². The van der Waals surface area contributed by atoms with Crippen LogP contribution in [0.25, 0.3) is 75.8 Å². The Morgan fingerprint density at radius 1 is 0.260 bits per heavy atom. The van der Waals surface area contributed by atoms with Gasteiger partial charge in [-0.3, -0.25) is 0 Å². The van der Waals surface area contributed by atoms with Gasteiger partial charge in [-0.2, -0.15) is 5.26 Å². The predicted octanol–water partition coefficient (Wildman–Crippen LogP) is 13.3. The van der Waals surface area contributed by atoms with Gasteiger partial charge in [0.25, 0.3) is 0 Å². The Labute approximate surface area is 456 Å². The van der Waals surface area contributed by atoms with Crippen LogP contribution in [0.5, 0.6) is 0 Å². The van der Waals surface area contributed by atoms with E-state index in [0.717, 1.165) is 27.8 Å². The summed E-state index contributed by atoms with van der Waals surface area (Å²) in [6, 6.07) is 114. The van der Waals surface area contributed by atoms with Crippen LogP contribution in [0.15, 0.2) is 297 Å². The first-order chi connectivity index (χ1) is 38.1. The van der Waals surface area contributed by atoms with Crippen LogP contribution in [0, 0.1) is 11.3 Å². The van der Waals surface area contributed by atoms with Gasteiger partial charge in [0, 0.05) is 20.2 Å². The number of fused-ring (bicyclic) bond motifs is 11. The molecule has 14 rings (SSSR count). The molecule has 13 aromatic rings. The number of benzene rings is 12. The third-order valence-corrected chi connectivity index (χ3v) is 27.0. The maximum atomic E-state index is 10.2. The molecule has 0 N–H and O–H groups in total. The number of nitrogens with zero attached hydrogens (tertiary/aromatic N) is 1. The third-order valence-electron chi connectivity index (χ3n) is 16.2. The summed E-state index contributed by atoms with van der Waals surface area (Å²) < 4.78 is 2.63. The van der Waals surface area contributed by atoms with Gasteiger partial charge in [0.15, 0.2) is 16.1 Å². The lowest BCUT2D eigenvalue weighted by Crippen LogP contribution is -2.76. The Bertz CT molecular complexity index is 4310. The monoisotopic (exact) mass is 1030 g/mol. The van der Waals surface area contributed by atoms with Crippen molar-refractivity contribution in [2.24, 2.45) is 0 Å². The van der Waals surface area contributed by atoms with Gasteiger partial charge < -0.3 is 0 Å². The maximum absolute atomic E-state index is 10.2. The minimum atomic E-state index is -3.13. The highest BCUT2D eigenvalue weighted by Gasteiger charge is 2.45. The number of nitriles is 1. The summed E-state index contributed by atoms with van der Waals surface area (Å²) in [5, 5.41) is 23.5. The number of hydrogen-bond acceptors (Lipinski definition) is 2. The molecule has 360 valence electrons. The minimum Gasteiger partial charge on any atom is -0.192 e. The molecule has 1 nitrogen and oxygen atoms in total. The summed E-state index contributed by atoms with van der Waals surface area (Å²) in [5.41, 5.74) is 12.3. The Morgan fingerprint density at radius 2 is 0.623 bits per heavy atom. The molecule has 0 bridgehead atoms. The van der Waals surface area contributed by atoms with Crippen molar-refractivity contribution in [2.75, 3.05) is 0 Å². The van der Waals surface area contributed by atoms with Crippen molar-refractivity contribution in [3.05, 3.63) is 303 Å². The van der Waals surface area contributed by atoms with Gasteiger partial charge in [-0.15, -0.1) is 11.3 Å². The second-order valence-electron chi connectivity index (χ2n) is 20.1. The molecule has 1 heterocycles. The standard InChI is InChI=1S/C73H49NSSi2/c74-50-51-39-45-66-67-46-44-60(49-71(67)65-34-16-14-32-63(65)62-31-13-15-33-64(62)70(66)47-51)77(55-26-9-3-10-27-55,56-28-11-4-12-29-56)58-42-40-57(41-43-58)76(53-22-5-1-6-23-53,54-24-7-2-8-25-54)59-30-19-21-52(48-59)61-36-20-37-69-68-35-17-18-38-72(68)75-73(61)69/h1-49H. The molecule has 0 spiro atoms. The van der Waals surface area contributed by atoms with Crippen LogP contribution in [0.3, 0.4) is 0 Å². The van der Waals surface area contributed by atoms with E-state index < -0.39 is 16.1 Å². The van der Waals surface area contributed by atoms with Gasteiger partial charge in [0.1, 0.15) is 0 Å². The molecule has 0 amide bonds. The molecule has 1 aliphatic carbocycles. The van der Waals surface area contributed by atoms with Crippen LogP contribution in [-0.2, 0) is 0 Å². The van der Waals surface area contributed by atoms with Crippen molar-refractivity contribution >= 4 is 89.2 Å². The quantitative estimate of drug-likeness (QED) is 0.104. The molecule has 0 unspecified atom stereocenters. The van der Waals surface area contributed by atoms with E-state index in [1.54, 1.807) is 0 Å². The molecular weight excluding hydrogens is 979 g/mol. The summed E-state index contributed by atoms with van der Waals surface area (Å²) >= 11 is 1.89. The van der Waals surface area contributed by atoms with Gasteiger partial charge in [0.05, 0.1) is 11.6 Å². The second kappa shape index (κ2) is 19.2. The van der Waals surface area contributed by atoms with Crippen LogP contribution in [0.2, 0.25) is 0 Å². The average molecular weight is 1030 g/mol. The first kappa shape index (κ1) is 46.3. The van der Waals surface area contributed by atoms with Gasteiger partial charge in [-0.25, -0.2) is 0 Å². The SMILES string of the molecule is N#Cc1ccc2c(c1)-c1ccccc1-c1ccccc1-c1cc([Si](c3ccccc3)(c3ccccc3)c3ccc([Si](c4ccccc4)(c4ccccc4)c4cccc(-c5cccc6c5sc5ccccc56)c4)cc3)ccc1-2. The molecule has 0 fully saturated rings. The Morgan fingerprint density at radius 3 is 1.16 bits per heavy atom. The summed E-state index contributed by atoms with van der Waals surface area (Å²) in [5.74, 6) is 0. The van der Waals surface area contributed by atoms with E-state index in [-0.39, 0.29) is 0 Å². The summed E-state index contributed by atoms with van der Waals surface area (Å²) in [6.45, 7) is 0. The average Bonchev–Trinajstić information content (AvgIpc) is 4.00. The summed E-state index contributed by atoms with van der Waals surface area (Å²) in [6.07, 6.45) is 0. The van der Waals surface area contributed by atoms with Crippen molar-refractivity contribution < 1.29 is 0 Å². The van der Waals surface area contributed by atoms with Crippen molar-refractivity contribution in [3.8, 4) is 61.7 Å². The van der Waals surface area contributed by atoms with E-state index >= 15 is 0 Å². The highest BCUT2D eigenvalue weighted by Crippen LogP contribution is 2.48. The number of hydrogen-bond donors (Lipinski definition) is 0. The van der Waals surface area contributed by atoms with E-state index in [4.69, 9.17) is 0 Å². The van der Waals surface area contributed by atoms with Crippen LogP contribution < -0.4 is 41.5 Å². The normalized spacial score (nSPS) is 11.9.